The molecule has 2 N–H and O–H groups in total. The maximum Gasteiger partial charge on any atom is 0.306 e. The van der Waals surface area contributed by atoms with Crippen molar-refractivity contribution in [2.24, 2.45) is 5.73 Å². The van der Waals surface area contributed by atoms with Gasteiger partial charge in [-0.15, -0.1) is 10.2 Å². The molecular formula is C3H2N3O2. The van der Waals surface area contributed by atoms with Crippen LogP contribution in [0.2, 0.25) is 0 Å². The van der Waals surface area contributed by atoms with Crippen LogP contribution in [0.3, 0.4) is 0 Å². The van der Waals surface area contributed by atoms with Crippen molar-refractivity contribution in [2.45, 2.75) is 0 Å². The summed E-state index contributed by atoms with van der Waals surface area (Å²) >= 11 is 0. The average Bonchev–Trinajstić information content (AvgIpc) is 2.12. The van der Waals surface area contributed by atoms with E-state index >= 15 is 0 Å². The molecular weight excluding hydrogens is 110 g/mol. The molecule has 1 heterocycles. The molecule has 8 heavy (non-hydrogen) atoms. The van der Waals surface area contributed by atoms with E-state index in [2.05, 4.69) is 14.6 Å². The third kappa shape index (κ3) is 0.651. The Labute approximate surface area is 44.5 Å². The summed E-state index contributed by atoms with van der Waals surface area (Å²) in [6.45, 7) is 0. The quantitative estimate of drug-likeness (QED) is 0.503. The van der Waals surface area contributed by atoms with Crippen LogP contribution in [0.5, 0.6) is 0 Å². The van der Waals surface area contributed by atoms with Crippen LogP contribution in [-0.2, 0) is 0 Å². The summed E-state index contributed by atoms with van der Waals surface area (Å²) in [6.07, 6.45) is 1.97. The molecule has 0 unspecified atom stereocenters. The molecule has 0 saturated carbocycles. The van der Waals surface area contributed by atoms with Crippen molar-refractivity contribution in [1.82, 2.24) is 10.2 Å². The topological polar surface area (TPSA) is 82.0 Å². The van der Waals surface area contributed by atoms with Gasteiger partial charge in [0, 0.05) is 0 Å². The molecule has 5 heteroatoms. The molecule has 0 saturated heterocycles. The number of nitrogens with zero attached hydrogens (tertiary/aromatic N) is 2. The molecule has 41 valence electrons. The van der Waals surface area contributed by atoms with Gasteiger partial charge in [0.25, 0.3) is 0 Å². The van der Waals surface area contributed by atoms with Crippen molar-refractivity contribution in [3.63, 3.8) is 0 Å². The Morgan fingerprint density at radius 3 is 2.88 bits per heavy atom. The summed E-state index contributed by atoms with van der Waals surface area (Å²) in [7, 11) is 0. The standard InChI is InChI=1S/C3H2N3O2/c4-2(7)3-6-5-1-8-3/h(H2,4,7). The van der Waals surface area contributed by atoms with Gasteiger partial charge in [-0.2, -0.15) is 0 Å². The van der Waals surface area contributed by atoms with Crippen molar-refractivity contribution in [3.05, 3.63) is 12.3 Å². The lowest BCUT2D eigenvalue weighted by molar-refractivity contribution is 0.0967. The number of hydrogen-bond donors (Lipinski definition) is 1. The van der Waals surface area contributed by atoms with E-state index in [0.29, 0.717) is 0 Å². The van der Waals surface area contributed by atoms with Crippen molar-refractivity contribution < 1.29 is 9.21 Å². The molecule has 0 fully saturated rings. The smallest absolute Gasteiger partial charge is 0.306 e. The third-order valence-electron chi connectivity index (χ3n) is 0.535. The highest BCUT2D eigenvalue weighted by atomic mass is 16.4. The molecule has 0 aromatic carbocycles. The van der Waals surface area contributed by atoms with E-state index in [1.165, 1.54) is 0 Å². The van der Waals surface area contributed by atoms with E-state index in [1.54, 1.807) is 0 Å². The maximum atomic E-state index is 10.1. The summed E-state index contributed by atoms with van der Waals surface area (Å²) in [4.78, 5) is 10.1. The van der Waals surface area contributed by atoms with Crippen LogP contribution in [0.4, 0.5) is 0 Å². The monoisotopic (exact) mass is 112 g/mol. The van der Waals surface area contributed by atoms with Gasteiger partial charge in [0.2, 0.25) is 0 Å². The summed E-state index contributed by atoms with van der Waals surface area (Å²) in [5.74, 6) is -0.955. The van der Waals surface area contributed by atoms with Crippen molar-refractivity contribution in [3.8, 4) is 0 Å². The number of hydrogen-bond acceptors (Lipinski definition) is 4. The van der Waals surface area contributed by atoms with E-state index in [-0.39, 0.29) is 5.89 Å². The molecule has 0 aliphatic carbocycles. The number of carbonyl (C=O) groups is 1. The van der Waals surface area contributed by atoms with Crippen LogP contribution >= 0.6 is 0 Å². The number of carbonyl (C=O) groups excluding carboxylic acids is 1. The Morgan fingerprint density at radius 2 is 2.62 bits per heavy atom. The van der Waals surface area contributed by atoms with E-state index in [1.807, 2.05) is 6.39 Å². The average molecular weight is 112 g/mol. The van der Waals surface area contributed by atoms with E-state index in [0.717, 1.165) is 0 Å². The zero-order chi connectivity index (χ0) is 5.98. The Hall–Kier alpha value is -1.39. The number of amides is 1. The molecule has 1 rings (SSSR count). The minimum atomic E-state index is -0.737. The fourth-order valence-corrected chi connectivity index (χ4v) is 0.249. The molecule has 0 atom stereocenters. The number of aromatic nitrogens is 2. The van der Waals surface area contributed by atoms with Gasteiger partial charge in [0.1, 0.15) is 0 Å². The zero-order valence-electron chi connectivity index (χ0n) is 3.79. The minimum absolute atomic E-state index is 0.218. The SMILES string of the molecule is NC(=O)c1nn[c]o1. The van der Waals surface area contributed by atoms with Gasteiger partial charge in [0.05, 0.1) is 0 Å². The van der Waals surface area contributed by atoms with Crippen LogP contribution in [0.1, 0.15) is 10.7 Å². The highest BCUT2D eigenvalue weighted by molar-refractivity contribution is 5.87. The normalized spacial score (nSPS) is 9.00. The Kier molecular flexibility index (Phi) is 0.957. The van der Waals surface area contributed by atoms with E-state index < -0.39 is 5.91 Å². The second-order valence-electron chi connectivity index (χ2n) is 1.06. The first-order valence-corrected chi connectivity index (χ1v) is 1.80. The van der Waals surface area contributed by atoms with Crippen LogP contribution in [0.15, 0.2) is 4.42 Å². The zero-order valence-corrected chi connectivity index (χ0v) is 3.79. The molecule has 1 aromatic rings. The largest absolute Gasteiger partial charge is 0.408 e. The molecule has 0 aliphatic rings. The summed E-state index contributed by atoms with van der Waals surface area (Å²) in [5, 5.41) is 6.27. The van der Waals surface area contributed by atoms with Crippen LogP contribution < -0.4 is 5.73 Å². The van der Waals surface area contributed by atoms with Gasteiger partial charge in [-0.05, 0) is 0 Å². The number of rotatable bonds is 1. The molecule has 0 bridgehead atoms. The summed E-state index contributed by atoms with van der Waals surface area (Å²) in [5.41, 5.74) is 4.70. The van der Waals surface area contributed by atoms with Crippen molar-refractivity contribution >= 4 is 5.91 Å². The summed E-state index contributed by atoms with van der Waals surface area (Å²) in [6, 6.07) is 0. The first-order valence-electron chi connectivity index (χ1n) is 1.80. The third-order valence-corrected chi connectivity index (χ3v) is 0.535. The fraction of sp³-hybridized carbons (Fsp3) is 0. The van der Waals surface area contributed by atoms with Crippen molar-refractivity contribution in [1.29, 1.82) is 0 Å². The lowest BCUT2D eigenvalue weighted by atomic mass is 10.6. The molecule has 1 aromatic heterocycles. The Morgan fingerprint density at radius 1 is 1.88 bits per heavy atom. The summed E-state index contributed by atoms with van der Waals surface area (Å²) < 4.78 is 4.27. The van der Waals surface area contributed by atoms with Gasteiger partial charge in [-0.3, -0.25) is 4.79 Å². The molecule has 0 spiro atoms. The van der Waals surface area contributed by atoms with Crippen LogP contribution in [0, 0.1) is 6.39 Å². The minimum Gasteiger partial charge on any atom is -0.408 e. The predicted molar refractivity (Wildman–Crippen MR) is 21.7 cm³/mol. The first-order chi connectivity index (χ1) is 3.80. The predicted octanol–water partition coefficient (Wildman–Crippen LogP) is -1.03. The highest BCUT2D eigenvalue weighted by Crippen LogP contribution is 1.85. The lowest BCUT2D eigenvalue weighted by Gasteiger charge is -1.76. The first kappa shape index (κ1) is 4.76. The maximum absolute atomic E-state index is 10.1. The van der Waals surface area contributed by atoms with Gasteiger partial charge < -0.3 is 10.2 Å². The fourth-order valence-electron chi connectivity index (χ4n) is 0.249. The number of primary amides is 1. The van der Waals surface area contributed by atoms with E-state index in [9.17, 15) is 4.79 Å². The highest BCUT2D eigenvalue weighted by Gasteiger charge is 2.03. The molecule has 1 amide bonds. The molecule has 1 radical (unpaired) electrons. The molecule has 0 aliphatic heterocycles. The van der Waals surface area contributed by atoms with Crippen molar-refractivity contribution in [2.75, 3.05) is 0 Å². The lowest BCUT2D eigenvalue weighted by Crippen LogP contribution is -2.10. The van der Waals surface area contributed by atoms with Gasteiger partial charge in [-0.1, -0.05) is 0 Å². The Balaban J connectivity index is 2.93. The van der Waals surface area contributed by atoms with Crippen LogP contribution in [-0.4, -0.2) is 16.1 Å². The van der Waals surface area contributed by atoms with Gasteiger partial charge in [-0.25, -0.2) is 0 Å². The van der Waals surface area contributed by atoms with Gasteiger partial charge >= 0.3 is 18.2 Å². The van der Waals surface area contributed by atoms with Gasteiger partial charge in [0.15, 0.2) is 0 Å². The molecule has 5 nitrogen and oxygen atoms in total. The second kappa shape index (κ2) is 1.61. The van der Waals surface area contributed by atoms with E-state index in [4.69, 9.17) is 5.73 Å². The number of nitrogens with two attached hydrogens (primary N) is 1. The second-order valence-corrected chi connectivity index (χ2v) is 1.06. The Bertz CT molecular complexity index is 180. The van der Waals surface area contributed by atoms with Crippen LogP contribution in [0.25, 0.3) is 0 Å².